The Kier molecular flexibility index (Phi) is 3.83. The van der Waals surface area contributed by atoms with Crippen LogP contribution in [0.2, 0.25) is 0 Å². The van der Waals surface area contributed by atoms with Crippen molar-refractivity contribution in [3.05, 3.63) is 0 Å². The van der Waals surface area contributed by atoms with Gasteiger partial charge in [-0.15, -0.1) is 0 Å². The van der Waals surface area contributed by atoms with Crippen LogP contribution in [-0.4, -0.2) is 54.4 Å². The Morgan fingerprint density at radius 1 is 1.53 bits per heavy atom. The zero-order valence-corrected chi connectivity index (χ0v) is 9.72. The van der Waals surface area contributed by atoms with Crippen LogP contribution >= 0.6 is 0 Å². The Labute approximate surface area is 99.9 Å². The summed E-state index contributed by atoms with van der Waals surface area (Å²) < 4.78 is 4.88. The number of aliphatic hydroxyl groups excluding tert-OH is 1. The van der Waals surface area contributed by atoms with Crippen LogP contribution in [0.3, 0.4) is 0 Å². The first-order valence-corrected chi connectivity index (χ1v) is 6.02. The number of amides is 2. The molecular weight excluding hydrogens is 224 g/mol. The van der Waals surface area contributed by atoms with E-state index in [9.17, 15) is 9.59 Å². The van der Waals surface area contributed by atoms with Gasteiger partial charge in [0.05, 0.1) is 6.61 Å². The fraction of sp³-hybridized carbons (Fsp3) is 0.818. The zero-order valence-electron chi connectivity index (χ0n) is 9.72. The number of hydrogen-bond donors (Lipinski definition) is 2. The van der Waals surface area contributed by atoms with Crippen LogP contribution in [0.5, 0.6) is 0 Å². The minimum atomic E-state index is -0.366. The summed E-state index contributed by atoms with van der Waals surface area (Å²) >= 11 is 0. The van der Waals surface area contributed by atoms with Gasteiger partial charge in [-0.1, -0.05) is 0 Å². The topological polar surface area (TPSA) is 78.9 Å². The molecule has 6 nitrogen and oxygen atoms in total. The molecule has 2 saturated heterocycles. The van der Waals surface area contributed by atoms with Crippen molar-refractivity contribution in [1.29, 1.82) is 0 Å². The molecule has 0 saturated carbocycles. The summed E-state index contributed by atoms with van der Waals surface area (Å²) in [5.41, 5.74) is 0. The van der Waals surface area contributed by atoms with Crippen LogP contribution in [0, 0.1) is 5.92 Å². The molecule has 96 valence electrons. The molecule has 0 aliphatic carbocycles. The molecule has 17 heavy (non-hydrogen) atoms. The number of piperidine rings is 2. The van der Waals surface area contributed by atoms with Gasteiger partial charge in [0.25, 0.3) is 0 Å². The van der Waals surface area contributed by atoms with Crippen LogP contribution in [0.15, 0.2) is 0 Å². The number of rotatable bonds is 2. The quantitative estimate of drug-likeness (QED) is 0.698. The Bertz CT molecular complexity index is 308. The van der Waals surface area contributed by atoms with Crippen molar-refractivity contribution in [3.8, 4) is 0 Å². The molecule has 2 N–H and O–H groups in total. The Hall–Kier alpha value is -1.30. The van der Waals surface area contributed by atoms with E-state index in [4.69, 9.17) is 9.84 Å². The summed E-state index contributed by atoms with van der Waals surface area (Å²) in [5.74, 6) is 0.450. The van der Waals surface area contributed by atoms with Crippen LogP contribution in [0.1, 0.15) is 19.3 Å². The van der Waals surface area contributed by atoms with Gasteiger partial charge in [-0.05, 0) is 18.8 Å². The predicted molar refractivity (Wildman–Crippen MR) is 59.3 cm³/mol. The normalized spacial score (nSPS) is 28.3. The molecule has 0 aromatic carbocycles. The Balaban J connectivity index is 1.85. The van der Waals surface area contributed by atoms with Gasteiger partial charge in [0.15, 0.2) is 0 Å². The molecule has 2 fully saturated rings. The van der Waals surface area contributed by atoms with Crippen molar-refractivity contribution in [3.63, 3.8) is 0 Å². The van der Waals surface area contributed by atoms with Crippen molar-refractivity contribution in [2.24, 2.45) is 5.92 Å². The number of hydrogen-bond acceptors (Lipinski definition) is 4. The fourth-order valence-corrected chi connectivity index (χ4v) is 2.50. The summed E-state index contributed by atoms with van der Waals surface area (Å²) in [6.45, 7) is 1.13. The first kappa shape index (κ1) is 12.2. The maximum absolute atomic E-state index is 11.6. The molecule has 0 bridgehead atoms. The SMILES string of the molecule is O=C1CCC2CN(C(=O)OCCO)CCC2N1. The summed E-state index contributed by atoms with van der Waals surface area (Å²) in [5, 5.41) is 11.6. The van der Waals surface area contributed by atoms with Crippen LogP contribution < -0.4 is 5.32 Å². The molecule has 2 rings (SSSR count). The largest absolute Gasteiger partial charge is 0.447 e. The molecule has 2 amide bonds. The van der Waals surface area contributed by atoms with Gasteiger partial charge < -0.3 is 20.1 Å². The van der Waals surface area contributed by atoms with Gasteiger partial charge in [-0.2, -0.15) is 0 Å². The molecule has 0 aromatic rings. The molecule has 2 atom stereocenters. The van der Waals surface area contributed by atoms with E-state index in [0.717, 1.165) is 12.8 Å². The lowest BCUT2D eigenvalue weighted by molar-refractivity contribution is -0.125. The van der Waals surface area contributed by atoms with Crippen molar-refractivity contribution >= 4 is 12.0 Å². The zero-order chi connectivity index (χ0) is 12.3. The average Bonchev–Trinajstić information content (AvgIpc) is 2.35. The Morgan fingerprint density at radius 2 is 2.35 bits per heavy atom. The highest BCUT2D eigenvalue weighted by atomic mass is 16.6. The number of ether oxygens (including phenoxy) is 1. The molecule has 2 aliphatic heterocycles. The number of carbonyl (C=O) groups is 2. The maximum Gasteiger partial charge on any atom is 0.409 e. The minimum absolute atomic E-state index is 0.0418. The maximum atomic E-state index is 11.6. The number of likely N-dealkylation sites (tertiary alicyclic amines) is 1. The Morgan fingerprint density at radius 3 is 3.12 bits per heavy atom. The van der Waals surface area contributed by atoms with Crippen LogP contribution in [-0.2, 0) is 9.53 Å². The summed E-state index contributed by atoms with van der Waals surface area (Å²) in [4.78, 5) is 24.5. The van der Waals surface area contributed by atoms with E-state index < -0.39 is 0 Å². The summed E-state index contributed by atoms with van der Waals surface area (Å²) in [6.07, 6.45) is 1.79. The van der Waals surface area contributed by atoms with Gasteiger partial charge in [0.1, 0.15) is 6.61 Å². The third-order valence-electron chi connectivity index (χ3n) is 3.40. The van der Waals surface area contributed by atoms with Gasteiger partial charge in [-0.25, -0.2) is 4.79 Å². The first-order valence-electron chi connectivity index (χ1n) is 6.02. The molecule has 2 unspecified atom stereocenters. The van der Waals surface area contributed by atoms with E-state index in [1.54, 1.807) is 4.90 Å². The predicted octanol–water partition coefficient (Wildman–Crippen LogP) is -0.284. The smallest absolute Gasteiger partial charge is 0.409 e. The first-order chi connectivity index (χ1) is 8.20. The van der Waals surface area contributed by atoms with Gasteiger partial charge in [0, 0.05) is 25.6 Å². The lowest BCUT2D eigenvalue weighted by Gasteiger charge is -2.40. The van der Waals surface area contributed by atoms with E-state index in [0.29, 0.717) is 25.4 Å². The van der Waals surface area contributed by atoms with E-state index in [-0.39, 0.29) is 31.3 Å². The number of nitrogens with zero attached hydrogens (tertiary/aromatic N) is 1. The lowest BCUT2D eigenvalue weighted by Crippen LogP contribution is -2.55. The third kappa shape index (κ3) is 2.88. The van der Waals surface area contributed by atoms with Crippen molar-refractivity contribution in [1.82, 2.24) is 10.2 Å². The van der Waals surface area contributed by atoms with Crippen molar-refractivity contribution in [2.45, 2.75) is 25.3 Å². The summed E-state index contributed by atoms with van der Waals surface area (Å²) in [7, 11) is 0. The molecule has 0 radical (unpaired) electrons. The van der Waals surface area contributed by atoms with Gasteiger partial charge in [-0.3, -0.25) is 4.79 Å². The average molecular weight is 242 g/mol. The van der Waals surface area contributed by atoms with Crippen LogP contribution in [0.25, 0.3) is 0 Å². The van der Waals surface area contributed by atoms with E-state index in [1.807, 2.05) is 0 Å². The lowest BCUT2D eigenvalue weighted by atomic mass is 9.85. The monoisotopic (exact) mass is 242 g/mol. The molecule has 2 heterocycles. The molecule has 2 aliphatic rings. The van der Waals surface area contributed by atoms with Crippen LogP contribution in [0.4, 0.5) is 4.79 Å². The molecule has 6 heteroatoms. The molecule has 0 aromatic heterocycles. The number of carbonyl (C=O) groups excluding carboxylic acids is 2. The highest BCUT2D eigenvalue weighted by Gasteiger charge is 2.35. The number of aliphatic hydroxyl groups is 1. The number of fused-ring (bicyclic) bond motifs is 1. The fourth-order valence-electron chi connectivity index (χ4n) is 2.50. The van der Waals surface area contributed by atoms with E-state index >= 15 is 0 Å². The van der Waals surface area contributed by atoms with Gasteiger partial charge >= 0.3 is 6.09 Å². The second-order valence-electron chi connectivity index (χ2n) is 4.55. The van der Waals surface area contributed by atoms with Crippen molar-refractivity contribution < 1.29 is 19.4 Å². The second kappa shape index (κ2) is 5.35. The third-order valence-corrected chi connectivity index (χ3v) is 3.40. The standard InChI is InChI=1S/C11H18N2O4/c14-5-6-17-11(16)13-4-3-9-8(7-13)1-2-10(15)12-9/h8-9,14H,1-7H2,(H,12,15). The number of nitrogens with one attached hydrogen (secondary N) is 1. The minimum Gasteiger partial charge on any atom is -0.447 e. The summed E-state index contributed by atoms with van der Waals surface area (Å²) in [6, 6.07) is 0.207. The second-order valence-corrected chi connectivity index (χ2v) is 4.55. The van der Waals surface area contributed by atoms with Gasteiger partial charge in [0.2, 0.25) is 5.91 Å². The molecular formula is C11H18N2O4. The highest BCUT2D eigenvalue weighted by molar-refractivity contribution is 5.77. The van der Waals surface area contributed by atoms with E-state index in [2.05, 4.69) is 5.32 Å². The highest BCUT2D eigenvalue weighted by Crippen LogP contribution is 2.25. The molecule has 0 spiro atoms. The van der Waals surface area contributed by atoms with Crippen molar-refractivity contribution in [2.75, 3.05) is 26.3 Å². The van der Waals surface area contributed by atoms with E-state index in [1.165, 1.54) is 0 Å².